The molecule has 0 spiro atoms. The molecule has 8 heteroatoms. The standard InChI is InChI=1S/C23H29FN4O3/c1-18-15-26(8-9-28(18)22-7-4-20(24)14-25-22)16-19-2-5-21(6-3-19)31-17-23(29)27-10-12-30-13-11-27/h2-7,14,18H,8-13,15-17H2,1H3. The van der Waals surface area contributed by atoms with Crippen LogP contribution < -0.4 is 9.64 Å². The van der Waals surface area contributed by atoms with Crippen molar-refractivity contribution >= 4 is 11.7 Å². The van der Waals surface area contributed by atoms with Gasteiger partial charge in [0.05, 0.1) is 19.4 Å². The summed E-state index contributed by atoms with van der Waals surface area (Å²) in [5.41, 5.74) is 1.20. The molecule has 166 valence electrons. The van der Waals surface area contributed by atoms with E-state index in [0.29, 0.717) is 38.1 Å². The Labute approximate surface area is 182 Å². The van der Waals surface area contributed by atoms with Crippen molar-refractivity contribution in [2.75, 3.05) is 57.4 Å². The summed E-state index contributed by atoms with van der Waals surface area (Å²) in [5, 5.41) is 0. The summed E-state index contributed by atoms with van der Waals surface area (Å²) >= 11 is 0. The van der Waals surface area contributed by atoms with Crippen LogP contribution in [0.2, 0.25) is 0 Å². The zero-order chi connectivity index (χ0) is 21.6. The maximum Gasteiger partial charge on any atom is 0.260 e. The molecule has 0 saturated carbocycles. The molecule has 4 rings (SSSR count). The van der Waals surface area contributed by atoms with Gasteiger partial charge in [0, 0.05) is 45.3 Å². The van der Waals surface area contributed by atoms with Crippen molar-refractivity contribution < 1.29 is 18.7 Å². The van der Waals surface area contributed by atoms with E-state index in [1.165, 1.54) is 17.8 Å². The summed E-state index contributed by atoms with van der Waals surface area (Å²) in [5.74, 6) is 1.20. The van der Waals surface area contributed by atoms with Crippen LogP contribution in [0.5, 0.6) is 5.75 Å². The molecule has 2 aliphatic rings. The number of morpholine rings is 1. The first-order valence-electron chi connectivity index (χ1n) is 10.8. The summed E-state index contributed by atoms with van der Waals surface area (Å²) in [4.78, 5) is 22.8. The van der Waals surface area contributed by atoms with Crippen LogP contribution in [0.25, 0.3) is 0 Å². The number of nitrogens with zero attached hydrogens (tertiary/aromatic N) is 4. The molecule has 31 heavy (non-hydrogen) atoms. The number of anilines is 1. The second kappa shape index (κ2) is 10.1. The second-order valence-corrected chi connectivity index (χ2v) is 8.04. The summed E-state index contributed by atoms with van der Waals surface area (Å²) in [6, 6.07) is 11.4. The van der Waals surface area contributed by atoms with Crippen molar-refractivity contribution in [3.8, 4) is 5.75 Å². The minimum absolute atomic E-state index is 0.00474. The highest BCUT2D eigenvalue weighted by Gasteiger charge is 2.24. The summed E-state index contributed by atoms with van der Waals surface area (Å²) in [6.07, 6.45) is 1.27. The average molecular weight is 429 g/mol. The molecule has 1 unspecified atom stereocenters. The van der Waals surface area contributed by atoms with E-state index in [1.54, 1.807) is 11.0 Å². The summed E-state index contributed by atoms with van der Waals surface area (Å²) < 4.78 is 24.1. The van der Waals surface area contributed by atoms with Crippen molar-refractivity contribution in [3.05, 3.63) is 54.0 Å². The summed E-state index contributed by atoms with van der Waals surface area (Å²) in [7, 11) is 0. The smallest absolute Gasteiger partial charge is 0.260 e. The summed E-state index contributed by atoms with van der Waals surface area (Å²) in [6.45, 7) is 8.18. The number of hydrogen-bond acceptors (Lipinski definition) is 6. The van der Waals surface area contributed by atoms with Crippen LogP contribution in [-0.4, -0.2) is 79.3 Å². The van der Waals surface area contributed by atoms with Gasteiger partial charge in [-0.15, -0.1) is 0 Å². The molecule has 1 amide bonds. The highest BCUT2D eigenvalue weighted by Crippen LogP contribution is 2.20. The Hall–Kier alpha value is -2.71. The van der Waals surface area contributed by atoms with Crippen LogP contribution in [-0.2, 0) is 16.1 Å². The molecule has 2 fully saturated rings. The Morgan fingerprint density at radius 3 is 2.58 bits per heavy atom. The SMILES string of the molecule is CC1CN(Cc2ccc(OCC(=O)N3CCOCC3)cc2)CCN1c1ccc(F)cn1. The fourth-order valence-corrected chi connectivity index (χ4v) is 4.05. The third kappa shape index (κ3) is 5.71. The Kier molecular flexibility index (Phi) is 6.99. The molecule has 2 aliphatic heterocycles. The van der Waals surface area contributed by atoms with Crippen LogP contribution in [0, 0.1) is 5.82 Å². The normalized spacial score (nSPS) is 20.0. The van der Waals surface area contributed by atoms with Gasteiger partial charge in [-0.2, -0.15) is 0 Å². The van der Waals surface area contributed by atoms with E-state index in [0.717, 1.165) is 32.0 Å². The second-order valence-electron chi connectivity index (χ2n) is 8.04. The monoisotopic (exact) mass is 428 g/mol. The highest BCUT2D eigenvalue weighted by molar-refractivity contribution is 5.77. The molecule has 2 aromatic rings. The van der Waals surface area contributed by atoms with Crippen LogP contribution in [0.1, 0.15) is 12.5 Å². The van der Waals surface area contributed by atoms with E-state index in [2.05, 4.69) is 21.7 Å². The van der Waals surface area contributed by atoms with E-state index in [-0.39, 0.29) is 18.3 Å². The van der Waals surface area contributed by atoms with E-state index >= 15 is 0 Å². The Morgan fingerprint density at radius 2 is 1.90 bits per heavy atom. The minimum atomic E-state index is -0.312. The van der Waals surface area contributed by atoms with Crippen LogP contribution in [0.3, 0.4) is 0 Å². The zero-order valence-corrected chi connectivity index (χ0v) is 17.9. The van der Waals surface area contributed by atoms with E-state index in [9.17, 15) is 9.18 Å². The number of halogens is 1. The molecule has 0 radical (unpaired) electrons. The maximum absolute atomic E-state index is 13.1. The van der Waals surface area contributed by atoms with Crippen molar-refractivity contribution in [2.24, 2.45) is 0 Å². The Balaban J connectivity index is 1.24. The van der Waals surface area contributed by atoms with E-state index < -0.39 is 0 Å². The molecule has 0 N–H and O–H groups in total. The highest BCUT2D eigenvalue weighted by atomic mass is 19.1. The fourth-order valence-electron chi connectivity index (χ4n) is 4.05. The maximum atomic E-state index is 13.1. The number of hydrogen-bond donors (Lipinski definition) is 0. The quantitative estimate of drug-likeness (QED) is 0.703. The van der Waals surface area contributed by atoms with Gasteiger partial charge in [-0.25, -0.2) is 9.37 Å². The van der Waals surface area contributed by atoms with Crippen molar-refractivity contribution in [1.82, 2.24) is 14.8 Å². The van der Waals surface area contributed by atoms with Gasteiger partial charge in [0.15, 0.2) is 6.61 Å². The number of carbonyl (C=O) groups is 1. The zero-order valence-electron chi connectivity index (χ0n) is 17.9. The first-order chi connectivity index (χ1) is 15.1. The van der Waals surface area contributed by atoms with Gasteiger partial charge in [0.25, 0.3) is 5.91 Å². The van der Waals surface area contributed by atoms with Gasteiger partial charge in [0.1, 0.15) is 17.4 Å². The van der Waals surface area contributed by atoms with Crippen LogP contribution >= 0.6 is 0 Å². The van der Waals surface area contributed by atoms with Gasteiger partial charge >= 0.3 is 0 Å². The molecule has 1 aromatic heterocycles. The number of carbonyl (C=O) groups excluding carboxylic acids is 1. The van der Waals surface area contributed by atoms with E-state index in [1.807, 2.05) is 24.3 Å². The number of benzene rings is 1. The van der Waals surface area contributed by atoms with Gasteiger partial charge in [0.2, 0.25) is 0 Å². The largest absolute Gasteiger partial charge is 0.484 e. The predicted octanol–water partition coefficient (Wildman–Crippen LogP) is 2.17. The van der Waals surface area contributed by atoms with E-state index in [4.69, 9.17) is 9.47 Å². The van der Waals surface area contributed by atoms with Crippen LogP contribution in [0.4, 0.5) is 10.2 Å². The lowest BCUT2D eigenvalue weighted by molar-refractivity contribution is -0.137. The number of aromatic nitrogens is 1. The van der Waals surface area contributed by atoms with Gasteiger partial charge in [-0.05, 0) is 36.8 Å². The lowest BCUT2D eigenvalue weighted by Crippen LogP contribution is -2.51. The number of piperazine rings is 1. The number of pyridine rings is 1. The first kappa shape index (κ1) is 21.5. The molecule has 0 bridgehead atoms. The lowest BCUT2D eigenvalue weighted by Gasteiger charge is -2.40. The average Bonchev–Trinajstić information content (AvgIpc) is 2.80. The van der Waals surface area contributed by atoms with Crippen molar-refractivity contribution in [1.29, 1.82) is 0 Å². The number of amides is 1. The molecule has 3 heterocycles. The Bertz CT molecular complexity index is 856. The van der Waals surface area contributed by atoms with Gasteiger partial charge in [-0.1, -0.05) is 12.1 Å². The molecule has 7 nitrogen and oxygen atoms in total. The number of rotatable bonds is 6. The Morgan fingerprint density at radius 1 is 1.13 bits per heavy atom. The molecule has 2 saturated heterocycles. The van der Waals surface area contributed by atoms with Gasteiger partial charge < -0.3 is 19.3 Å². The molecular weight excluding hydrogens is 399 g/mol. The third-order valence-corrected chi connectivity index (χ3v) is 5.77. The van der Waals surface area contributed by atoms with Crippen LogP contribution in [0.15, 0.2) is 42.6 Å². The molecular formula is C23H29FN4O3. The first-order valence-corrected chi connectivity index (χ1v) is 10.8. The minimum Gasteiger partial charge on any atom is -0.484 e. The topological polar surface area (TPSA) is 58.1 Å². The molecule has 0 aliphatic carbocycles. The van der Waals surface area contributed by atoms with Crippen molar-refractivity contribution in [2.45, 2.75) is 19.5 Å². The molecule has 1 aromatic carbocycles. The van der Waals surface area contributed by atoms with Gasteiger partial charge in [-0.3, -0.25) is 9.69 Å². The number of ether oxygens (including phenoxy) is 2. The lowest BCUT2D eigenvalue weighted by atomic mass is 10.1. The molecule has 1 atom stereocenters. The predicted molar refractivity (Wildman–Crippen MR) is 116 cm³/mol. The fraction of sp³-hybridized carbons (Fsp3) is 0.478. The third-order valence-electron chi connectivity index (χ3n) is 5.77. The van der Waals surface area contributed by atoms with Crippen molar-refractivity contribution in [3.63, 3.8) is 0 Å².